The summed E-state index contributed by atoms with van der Waals surface area (Å²) in [6.45, 7) is 0.0968. The van der Waals surface area contributed by atoms with Crippen molar-refractivity contribution in [3.63, 3.8) is 0 Å². The maximum atomic E-state index is 13.5. The second kappa shape index (κ2) is 5.91. The standard InChI is InChI=1S/C18H9F3N4O3/c19-18(20,21)14-11(6-9-2-1-5-22-15(9)23-14)17-25-24-16(28-17)10-3-4-12-13(7-10)27-8-26-12/h1-7H,8H2. The molecule has 1 aliphatic rings. The summed E-state index contributed by atoms with van der Waals surface area (Å²) in [7, 11) is 0. The summed E-state index contributed by atoms with van der Waals surface area (Å²) in [5.41, 5.74) is -0.979. The Morgan fingerprint density at radius 1 is 0.929 bits per heavy atom. The number of alkyl halides is 3. The van der Waals surface area contributed by atoms with Gasteiger partial charge in [-0.2, -0.15) is 13.2 Å². The lowest BCUT2D eigenvalue weighted by molar-refractivity contribution is -0.140. The average molecular weight is 386 g/mol. The molecule has 0 N–H and O–H groups in total. The van der Waals surface area contributed by atoms with E-state index in [4.69, 9.17) is 13.9 Å². The summed E-state index contributed by atoms with van der Waals surface area (Å²) in [6.07, 6.45) is -3.34. The molecule has 0 spiro atoms. The molecule has 1 aromatic carbocycles. The van der Waals surface area contributed by atoms with Gasteiger partial charge in [0.2, 0.25) is 18.6 Å². The highest BCUT2D eigenvalue weighted by molar-refractivity contribution is 5.80. The fraction of sp³-hybridized carbons (Fsp3) is 0.111. The van der Waals surface area contributed by atoms with Gasteiger partial charge in [-0.25, -0.2) is 9.97 Å². The predicted molar refractivity (Wildman–Crippen MR) is 89.4 cm³/mol. The molecule has 1 aliphatic heterocycles. The lowest BCUT2D eigenvalue weighted by atomic mass is 10.1. The van der Waals surface area contributed by atoms with Gasteiger partial charge in [-0.05, 0) is 36.4 Å². The van der Waals surface area contributed by atoms with Gasteiger partial charge in [-0.3, -0.25) is 0 Å². The van der Waals surface area contributed by atoms with E-state index in [1.54, 1.807) is 30.3 Å². The minimum Gasteiger partial charge on any atom is -0.454 e. The summed E-state index contributed by atoms with van der Waals surface area (Å²) in [5, 5.41) is 8.08. The highest BCUT2D eigenvalue weighted by Gasteiger charge is 2.38. The molecule has 0 bridgehead atoms. The molecule has 0 radical (unpaired) electrons. The average Bonchev–Trinajstić information content (AvgIpc) is 3.35. The van der Waals surface area contributed by atoms with Crippen LogP contribution in [0.1, 0.15) is 5.69 Å². The second-order valence-electron chi connectivity index (χ2n) is 5.91. The molecular formula is C18H9F3N4O3. The zero-order chi connectivity index (χ0) is 19.3. The first kappa shape index (κ1) is 16.5. The molecular weight excluding hydrogens is 377 g/mol. The number of aromatic nitrogens is 4. The van der Waals surface area contributed by atoms with Crippen molar-refractivity contribution in [2.75, 3.05) is 6.79 Å². The Labute approximate surface area is 154 Å². The first-order chi connectivity index (χ1) is 13.5. The summed E-state index contributed by atoms with van der Waals surface area (Å²) >= 11 is 0. The summed E-state index contributed by atoms with van der Waals surface area (Å²) in [5.74, 6) is 0.812. The van der Waals surface area contributed by atoms with Crippen LogP contribution in [0.3, 0.4) is 0 Å². The van der Waals surface area contributed by atoms with Crippen molar-refractivity contribution in [1.82, 2.24) is 20.2 Å². The van der Waals surface area contributed by atoms with Gasteiger partial charge in [-0.15, -0.1) is 10.2 Å². The van der Waals surface area contributed by atoms with Crippen LogP contribution in [-0.2, 0) is 6.18 Å². The van der Waals surface area contributed by atoms with Gasteiger partial charge in [0.15, 0.2) is 22.8 Å². The summed E-state index contributed by atoms with van der Waals surface area (Å²) < 4.78 is 56.6. The zero-order valence-corrected chi connectivity index (χ0v) is 13.9. The number of halogens is 3. The van der Waals surface area contributed by atoms with Gasteiger partial charge < -0.3 is 13.9 Å². The molecule has 5 rings (SSSR count). The molecule has 4 aromatic rings. The van der Waals surface area contributed by atoms with Crippen molar-refractivity contribution in [2.45, 2.75) is 6.18 Å². The van der Waals surface area contributed by atoms with E-state index in [1.165, 1.54) is 12.3 Å². The van der Waals surface area contributed by atoms with Crippen LogP contribution in [0.15, 0.2) is 47.0 Å². The second-order valence-corrected chi connectivity index (χ2v) is 5.91. The number of fused-ring (bicyclic) bond motifs is 2. The molecule has 28 heavy (non-hydrogen) atoms. The Hall–Kier alpha value is -3.69. The van der Waals surface area contributed by atoms with E-state index in [-0.39, 0.29) is 29.8 Å². The van der Waals surface area contributed by atoms with E-state index in [0.717, 1.165) is 0 Å². The number of ether oxygens (including phenoxy) is 2. The summed E-state index contributed by atoms with van der Waals surface area (Å²) in [4.78, 5) is 7.52. The zero-order valence-electron chi connectivity index (χ0n) is 13.9. The highest BCUT2D eigenvalue weighted by atomic mass is 19.4. The van der Waals surface area contributed by atoms with Crippen LogP contribution in [0.4, 0.5) is 13.2 Å². The number of hydrogen-bond donors (Lipinski definition) is 0. The third-order valence-corrected chi connectivity index (χ3v) is 4.13. The first-order valence-corrected chi connectivity index (χ1v) is 8.06. The Bertz CT molecular complexity index is 1210. The maximum Gasteiger partial charge on any atom is 0.434 e. The molecule has 3 aromatic heterocycles. The predicted octanol–water partition coefficient (Wildman–Crippen LogP) is 4.09. The number of nitrogens with zero attached hydrogens (tertiary/aromatic N) is 4. The van der Waals surface area contributed by atoms with E-state index < -0.39 is 11.9 Å². The molecule has 10 heteroatoms. The van der Waals surface area contributed by atoms with Gasteiger partial charge in [0.1, 0.15) is 0 Å². The van der Waals surface area contributed by atoms with Crippen LogP contribution >= 0.6 is 0 Å². The molecule has 0 aliphatic carbocycles. The number of pyridine rings is 2. The van der Waals surface area contributed by atoms with Crippen LogP contribution in [0.5, 0.6) is 11.5 Å². The van der Waals surface area contributed by atoms with E-state index in [1.807, 2.05) is 0 Å². The smallest absolute Gasteiger partial charge is 0.434 e. The number of rotatable bonds is 2. The molecule has 0 saturated carbocycles. The molecule has 4 heterocycles. The van der Waals surface area contributed by atoms with Gasteiger partial charge in [0, 0.05) is 17.1 Å². The van der Waals surface area contributed by atoms with Crippen LogP contribution in [-0.4, -0.2) is 27.0 Å². The van der Waals surface area contributed by atoms with Crippen LogP contribution in [0, 0.1) is 0 Å². The van der Waals surface area contributed by atoms with Crippen molar-refractivity contribution in [3.8, 4) is 34.4 Å². The van der Waals surface area contributed by atoms with Gasteiger partial charge in [0.05, 0.1) is 5.56 Å². The number of hydrogen-bond acceptors (Lipinski definition) is 7. The highest BCUT2D eigenvalue weighted by Crippen LogP contribution is 2.39. The Balaban J connectivity index is 1.63. The first-order valence-electron chi connectivity index (χ1n) is 8.06. The molecule has 0 amide bonds. The van der Waals surface area contributed by atoms with Crippen LogP contribution in [0.25, 0.3) is 33.9 Å². The van der Waals surface area contributed by atoms with Crippen molar-refractivity contribution in [2.24, 2.45) is 0 Å². The third-order valence-electron chi connectivity index (χ3n) is 4.13. The molecule has 0 unspecified atom stereocenters. The minimum atomic E-state index is -4.71. The lowest BCUT2D eigenvalue weighted by Crippen LogP contribution is -2.11. The van der Waals surface area contributed by atoms with Gasteiger partial charge >= 0.3 is 6.18 Å². The Morgan fingerprint density at radius 3 is 2.61 bits per heavy atom. The quantitative estimate of drug-likeness (QED) is 0.513. The van der Waals surface area contributed by atoms with Crippen molar-refractivity contribution >= 4 is 11.0 Å². The lowest BCUT2D eigenvalue weighted by Gasteiger charge is -2.10. The summed E-state index contributed by atoms with van der Waals surface area (Å²) in [6, 6.07) is 9.42. The van der Waals surface area contributed by atoms with E-state index in [0.29, 0.717) is 22.4 Å². The largest absolute Gasteiger partial charge is 0.454 e. The Morgan fingerprint density at radius 2 is 1.75 bits per heavy atom. The van der Waals surface area contributed by atoms with Crippen molar-refractivity contribution < 1.29 is 27.1 Å². The molecule has 7 nitrogen and oxygen atoms in total. The Kier molecular flexibility index (Phi) is 3.48. The number of benzene rings is 1. The molecule has 140 valence electrons. The molecule has 0 saturated heterocycles. The SMILES string of the molecule is FC(F)(F)c1nc2ncccc2cc1-c1nnc(-c2ccc3c(c2)OCO3)o1. The van der Waals surface area contributed by atoms with Crippen LogP contribution in [0.2, 0.25) is 0 Å². The molecule has 0 fully saturated rings. The topological polar surface area (TPSA) is 83.2 Å². The van der Waals surface area contributed by atoms with Crippen molar-refractivity contribution in [1.29, 1.82) is 0 Å². The third kappa shape index (κ3) is 2.70. The molecule has 0 atom stereocenters. The fourth-order valence-electron chi connectivity index (χ4n) is 2.86. The van der Waals surface area contributed by atoms with Crippen LogP contribution < -0.4 is 9.47 Å². The van der Waals surface area contributed by atoms with Gasteiger partial charge in [-0.1, -0.05) is 0 Å². The normalized spacial score (nSPS) is 13.2. The van der Waals surface area contributed by atoms with Gasteiger partial charge in [0.25, 0.3) is 0 Å². The maximum absolute atomic E-state index is 13.5. The van der Waals surface area contributed by atoms with E-state index >= 15 is 0 Å². The monoisotopic (exact) mass is 386 g/mol. The van der Waals surface area contributed by atoms with Crippen molar-refractivity contribution in [3.05, 3.63) is 48.3 Å². The minimum absolute atomic E-state index is 0.0194. The van der Waals surface area contributed by atoms with E-state index in [9.17, 15) is 13.2 Å². The van der Waals surface area contributed by atoms with E-state index in [2.05, 4.69) is 20.2 Å². The fourth-order valence-corrected chi connectivity index (χ4v) is 2.86.